The highest BCUT2D eigenvalue weighted by Crippen LogP contribution is 2.04. The lowest BCUT2D eigenvalue weighted by Gasteiger charge is -2.15. The van der Waals surface area contributed by atoms with E-state index in [1.54, 1.807) is 6.92 Å². The Morgan fingerprint density at radius 1 is 1.18 bits per heavy atom. The zero-order valence-corrected chi connectivity index (χ0v) is 8.42. The van der Waals surface area contributed by atoms with Gasteiger partial charge in [0.05, 0.1) is 6.10 Å². The molecule has 0 aromatic carbocycles. The van der Waals surface area contributed by atoms with Gasteiger partial charge in [0.2, 0.25) is 0 Å². The molecule has 0 radical (unpaired) electrons. The summed E-state index contributed by atoms with van der Waals surface area (Å²) in [5.74, 6) is 0. The van der Waals surface area contributed by atoms with Crippen molar-refractivity contribution in [3.8, 4) is 0 Å². The first-order valence-electron chi connectivity index (χ1n) is 4.54. The summed E-state index contributed by atoms with van der Waals surface area (Å²) < 4.78 is 5.10. The molecule has 0 saturated carbocycles. The standard InChI is InChI=1S/C7H16O2.C2H6/c1-4-7(5-2)9-6(3)8;1-2/h6-8H,4-5H2,1-3H3;1-2H3. The average molecular weight is 162 g/mol. The van der Waals surface area contributed by atoms with Crippen molar-refractivity contribution in [2.24, 2.45) is 0 Å². The van der Waals surface area contributed by atoms with Gasteiger partial charge in [0.15, 0.2) is 6.29 Å². The van der Waals surface area contributed by atoms with Crippen LogP contribution in [0.1, 0.15) is 47.5 Å². The number of ether oxygens (including phenoxy) is 1. The second kappa shape index (κ2) is 9.92. The first-order valence-corrected chi connectivity index (χ1v) is 4.54. The molecule has 1 unspecified atom stereocenters. The van der Waals surface area contributed by atoms with Crippen LogP contribution in [0.2, 0.25) is 0 Å². The zero-order chi connectivity index (χ0) is 9.28. The van der Waals surface area contributed by atoms with E-state index in [4.69, 9.17) is 9.84 Å². The fraction of sp³-hybridized carbons (Fsp3) is 1.00. The molecular formula is C9H22O2. The molecule has 0 aliphatic rings. The molecule has 2 nitrogen and oxygen atoms in total. The third kappa shape index (κ3) is 9.92. The van der Waals surface area contributed by atoms with Crippen LogP contribution in [0.15, 0.2) is 0 Å². The first-order chi connectivity index (χ1) is 5.20. The van der Waals surface area contributed by atoms with Crippen LogP contribution in [-0.2, 0) is 4.74 Å². The van der Waals surface area contributed by atoms with Crippen molar-refractivity contribution in [1.82, 2.24) is 0 Å². The quantitative estimate of drug-likeness (QED) is 0.644. The summed E-state index contributed by atoms with van der Waals surface area (Å²) in [6.45, 7) is 9.74. The number of aliphatic hydroxyl groups is 1. The summed E-state index contributed by atoms with van der Waals surface area (Å²) >= 11 is 0. The number of hydrogen-bond acceptors (Lipinski definition) is 2. The van der Waals surface area contributed by atoms with Crippen molar-refractivity contribution >= 4 is 0 Å². The summed E-state index contributed by atoms with van der Waals surface area (Å²) in [4.78, 5) is 0. The van der Waals surface area contributed by atoms with Gasteiger partial charge in [-0.05, 0) is 19.8 Å². The van der Waals surface area contributed by atoms with E-state index in [0.29, 0.717) is 0 Å². The van der Waals surface area contributed by atoms with E-state index < -0.39 is 6.29 Å². The maximum Gasteiger partial charge on any atom is 0.152 e. The second-order valence-electron chi connectivity index (χ2n) is 2.17. The monoisotopic (exact) mass is 162 g/mol. The van der Waals surface area contributed by atoms with Gasteiger partial charge < -0.3 is 9.84 Å². The van der Waals surface area contributed by atoms with Crippen LogP contribution in [0.4, 0.5) is 0 Å². The molecule has 1 atom stereocenters. The van der Waals surface area contributed by atoms with Crippen LogP contribution in [0.3, 0.4) is 0 Å². The minimum absolute atomic E-state index is 0.227. The van der Waals surface area contributed by atoms with Crippen molar-refractivity contribution in [2.75, 3.05) is 0 Å². The van der Waals surface area contributed by atoms with Gasteiger partial charge in [0.25, 0.3) is 0 Å². The Kier molecular flexibility index (Phi) is 12.2. The minimum atomic E-state index is -0.616. The van der Waals surface area contributed by atoms with Crippen LogP contribution < -0.4 is 0 Å². The van der Waals surface area contributed by atoms with Crippen molar-refractivity contribution < 1.29 is 9.84 Å². The van der Waals surface area contributed by atoms with Crippen molar-refractivity contribution in [2.45, 2.75) is 59.9 Å². The molecule has 0 heterocycles. The molecule has 0 aromatic rings. The normalized spacial score (nSPS) is 12.3. The van der Waals surface area contributed by atoms with Gasteiger partial charge in [-0.2, -0.15) is 0 Å². The molecule has 0 fully saturated rings. The van der Waals surface area contributed by atoms with Crippen LogP contribution >= 0.6 is 0 Å². The molecule has 0 rings (SSSR count). The predicted octanol–water partition coefficient (Wildman–Crippen LogP) is 2.56. The Hall–Kier alpha value is -0.0800. The molecule has 2 heteroatoms. The molecule has 1 N–H and O–H groups in total. The Morgan fingerprint density at radius 3 is 1.64 bits per heavy atom. The molecule has 70 valence electrons. The molecular weight excluding hydrogens is 140 g/mol. The largest absolute Gasteiger partial charge is 0.368 e. The summed E-state index contributed by atoms with van der Waals surface area (Å²) in [6.07, 6.45) is 1.56. The number of hydrogen-bond donors (Lipinski definition) is 1. The lowest BCUT2D eigenvalue weighted by Crippen LogP contribution is -2.17. The molecule has 0 amide bonds. The minimum Gasteiger partial charge on any atom is -0.368 e. The Bertz CT molecular complexity index is 58.6. The van der Waals surface area contributed by atoms with Crippen molar-refractivity contribution in [1.29, 1.82) is 0 Å². The van der Waals surface area contributed by atoms with E-state index in [1.165, 1.54) is 0 Å². The van der Waals surface area contributed by atoms with Crippen molar-refractivity contribution in [3.63, 3.8) is 0 Å². The Balaban J connectivity index is 0. The summed E-state index contributed by atoms with van der Waals surface area (Å²) in [5, 5.41) is 8.76. The average Bonchev–Trinajstić information content (AvgIpc) is 2.03. The van der Waals surface area contributed by atoms with Gasteiger partial charge in [-0.15, -0.1) is 0 Å². The smallest absolute Gasteiger partial charge is 0.152 e. The maximum absolute atomic E-state index is 8.76. The Morgan fingerprint density at radius 2 is 1.55 bits per heavy atom. The van der Waals surface area contributed by atoms with E-state index in [-0.39, 0.29) is 6.10 Å². The van der Waals surface area contributed by atoms with Gasteiger partial charge in [-0.3, -0.25) is 0 Å². The molecule has 11 heavy (non-hydrogen) atoms. The van der Waals surface area contributed by atoms with Crippen molar-refractivity contribution in [3.05, 3.63) is 0 Å². The maximum atomic E-state index is 8.76. The van der Waals surface area contributed by atoms with E-state index in [9.17, 15) is 0 Å². The molecule has 0 aromatic heterocycles. The SMILES string of the molecule is CC.CCC(CC)OC(C)O. The summed E-state index contributed by atoms with van der Waals surface area (Å²) in [7, 11) is 0. The van der Waals surface area contributed by atoms with Gasteiger partial charge in [-0.1, -0.05) is 27.7 Å². The van der Waals surface area contributed by atoms with E-state index in [2.05, 4.69) is 13.8 Å². The summed E-state index contributed by atoms with van der Waals surface area (Å²) in [6, 6.07) is 0. The van der Waals surface area contributed by atoms with Gasteiger partial charge in [-0.25, -0.2) is 0 Å². The van der Waals surface area contributed by atoms with Crippen LogP contribution in [-0.4, -0.2) is 17.5 Å². The van der Waals surface area contributed by atoms with Gasteiger partial charge in [0, 0.05) is 0 Å². The van der Waals surface area contributed by atoms with E-state index in [0.717, 1.165) is 12.8 Å². The lowest BCUT2D eigenvalue weighted by molar-refractivity contribution is -0.125. The van der Waals surface area contributed by atoms with E-state index >= 15 is 0 Å². The second-order valence-corrected chi connectivity index (χ2v) is 2.17. The van der Waals surface area contributed by atoms with Crippen LogP contribution in [0.25, 0.3) is 0 Å². The molecule has 0 aliphatic carbocycles. The summed E-state index contributed by atoms with van der Waals surface area (Å²) in [5.41, 5.74) is 0. The topological polar surface area (TPSA) is 29.5 Å². The molecule has 0 spiro atoms. The first kappa shape index (κ1) is 13.5. The van der Waals surface area contributed by atoms with Gasteiger partial charge in [0.1, 0.15) is 0 Å². The van der Waals surface area contributed by atoms with Gasteiger partial charge >= 0.3 is 0 Å². The van der Waals surface area contributed by atoms with E-state index in [1.807, 2.05) is 13.8 Å². The Labute approximate surface area is 70.6 Å². The number of aliphatic hydroxyl groups excluding tert-OH is 1. The third-order valence-corrected chi connectivity index (χ3v) is 1.30. The third-order valence-electron chi connectivity index (χ3n) is 1.30. The molecule has 0 saturated heterocycles. The lowest BCUT2D eigenvalue weighted by atomic mass is 10.2. The molecule has 0 bridgehead atoms. The fourth-order valence-corrected chi connectivity index (χ4v) is 0.760. The number of rotatable bonds is 4. The zero-order valence-electron chi connectivity index (χ0n) is 8.42. The predicted molar refractivity (Wildman–Crippen MR) is 48.5 cm³/mol. The highest BCUT2D eigenvalue weighted by Gasteiger charge is 2.05. The highest BCUT2D eigenvalue weighted by atomic mass is 16.6. The molecule has 0 aliphatic heterocycles. The highest BCUT2D eigenvalue weighted by molar-refractivity contribution is 4.50. The van der Waals surface area contributed by atoms with Crippen LogP contribution in [0.5, 0.6) is 0 Å². The van der Waals surface area contributed by atoms with Crippen LogP contribution in [0, 0.1) is 0 Å². The fourth-order valence-electron chi connectivity index (χ4n) is 0.760.